The standard InChI is InChI=1S/C29H31BO/c1-27(2,3)16-17-14-21-26-23(15-17)31-22-13-9-12-20-25(22)30(26)24-18(28(20,4)5)10-8-11-19(24)29(21,6)7/h8-15H,16H2,1-7H3. The van der Waals surface area contributed by atoms with Crippen molar-refractivity contribution in [1.29, 1.82) is 0 Å². The molecule has 3 aliphatic rings. The number of rotatable bonds is 1. The fourth-order valence-electron chi connectivity index (χ4n) is 6.58. The second kappa shape index (κ2) is 5.65. The maximum atomic E-state index is 6.69. The van der Waals surface area contributed by atoms with Gasteiger partial charge in [-0.1, -0.05) is 90.3 Å². The van der Waals surface area contributed by atoms with Gasteiger partial charge in [-0.15, -0.1) is 0 Å². The molecule has 31 heavy (non-hydrogen) atoms. The minimum absolute atomic E-state index is 0.0339. The topological polar surface area (TPSA) is 9.23 Å². The summed E-state index contributed by atoms with van der Waals surface area (Å²) in [6.07, 6.45) is 1.05. The van der Waals surface area contributed by atoms with E-state index in [0.717, 1.165) is 17.9 Å². The van der Waals surface area contributed by atoms with Gasteiger partial charge < -0.3 is 4.74 Å². The summed E-state index contributed by atoms with van der Waals surface area (Å²) in [7, 11) is 0. The van der Waals surface area contributed by atoms with Crippen molar-refractivity contribution < 1.29 is 4.74 Å². The monoisotopic (exact) mass is 406 g/mol. The van der Waals surface area contributed by atoms with Crippen molar-refractivity contribution in [2.45, 2.75) is 65.7 Å². The van der Waals surface area contributed by atoms with Gasteiger partial charge in [0, 0.05) is 10.8 Å². The van der Waals surface area contributed by atoms with E-state index in [0.29, 0.717) is 0 Å². The van der Waals surface area contributed by atoms with E-state index < -0.39 is 0 Å². The van der Waals surface area contributed by atoms with Crippen LogP contribution in [0.15, 0.2) is 48.5 Å². The van der Waals surface area contributed by atoms with Gasteiger partial charge in [0.2, 0.25) is 0 Å². The van der Waals surface area contributed by atoms with Crippen LogP contribution in [0.4, 0.5) is 0 Å². The van der Waals surface area contributed by atoms with Gasteiger partial charge in [0.1, 0.15) is 11.5 Å². The Balaban J connectivity index is 1.74. The molecular weight excluding hydrogens is 375 g/mol. The Morgan fingerprint density at radius 1 is 0.710 bits per heavy atom. The Morgan fingerprint density at radius 3 is 1.90 bits per heavy atom. The van der Waals surface area contributed by atoms with E-state index in [1.165, 1.54) is 44.2 Å². The third-order valence-corrected chi connectivity index (χ3v) is 7.89. The average Bonchev–Trinajstić information content (AvgIpc) is 2.67. The first-order chi connectivity index (χ1) is 14.5. The Morgan fingerprint density at radius 2 is 1.26 bits per heavy atom. The molecule has 0 aliphatic carbocycles. The van der Waals surface area contributed by atoms with Gasteiger partial charge in [0.25, 0.3) is 6.71 Å². The summed E-state index contributed by atoms with van der Waals surface area (Å²) >= 11 is 0. The van der Waals surface area contributed by atoms with Gasteiger partial charge >= 0.3 is 0 Å². The third kappa shape index (κ3) is 2.40. The van der Waals surface area contributed by atoms with Gasteiger partial charge in [-0.2, -0.15) is 0 Å². The average molecular weight is 406 g/mol. The normalized spacial score (nSPS) is 18.4. The van der Waals surface area contributed by atoms with Gasteiger partial charge in [0.05, 0.1) is 0 Å². The lowest BCUT2D eigenvalue weighted by atomic mass is 9.26. The smallest absolute Gasteiger partial charge is 0.252 e. The molecule has 3 aromatic carbocycles. The Bertz CT molecular complexity index is 1270. The van der Waals surface area contributed by atoms with E-state index in [1.807, 2.05) is 0 Å². The zero-order chi connectivity index (χ0) is 21.9. The second-order valence-electron chi connectivity index (χ2n) is 12.1. The summed E-state index contributed by atoms with van der Waals surface area (Å²) in [6, 6.07) is 18.5. The molecule has 0 spiro atoms. The third-order valence-electron chi connectivity index (χ3n) is 7.89. The molecular formula is C29H31BO. The van der Waals surface area contributed by atoms with Crippen molar-refractivity contribution in [3.05, 3.63) is 76.3 Å². The predicted molar refractivity (Wildman–Crippen MR) is 131 cm³/mol. The van der Waals surface area contributed by atoms with Crippen LogP contribution in [-0.2, 0) is 17.3 Å². The summed E-state index contributed by atoms with van der Waals surface area (Å²) < 4.78 is 6.69. The molecule has 0 atom stereocenters. The predicted octanol–water partition coefficient (Wildman–Crippen LogP) is 5.18. The van der Waals surface area contributed by atoms with E-state index in [-0.39, 0.29) is 23.0 Å². The lowest BCUT2D eigenvalue weighted by Crippen LogP contribution is -2.68. The lowest BCUT2D eigenvalue weighted by Gasteiger charge is -2.49. The Kier molecular flexibility index (Phi) is 3.51. The van der Waals surface area contributed by atoms with Crippen molar-refractivity contribution in [3.8, 4) is 11.5 Å². The molecule has 0 unspecified atom stereocenters. The maximum absolute atomic E-state index is 6.69. The summed E-state index contributed by atoms with van der Waals surface area (Å²) in [5.41, 5.74) is 11.7. The van der Waals surface area contributed by atoms with E-state index >= 15 is 0 Å². The van der Waals surface area contributed by atoms with Gasteiger partial charge in [-0.25, -0.2) is 0 Å². The summed E-state index contributed by atoms with van der Waals surface area (Å²) in [5, 5.41) is 0. The van der Waals surface area contributed by atoms with Crippen LogP contribution in [0.5, 0.6) is 11.5 Å². The maximum Gasteiger partial charge on any atom is 0.252 e. The fraction of sp³-hybridized carbons (Fsp3) is 0.379. The van der Waals surface area contributed by atoms with E-state index in [1.54, 1.807) is 0 Å². The summed E-state index contributed by atoms with van der Waals surface area (Å²) in [5.74, 6) is 2.11. The van der Waals surface area contributed by atoms with Crippen LogP contribution in [0, 0.1) is 5.41 Å². The molecule has 0 aromatic heterocycles. The minimum Gasteiger partial charge on any atom is -0.458 e. The van der Waals surface area contributed by atoms with Gasteiger partial charge in [-0.3, -0.25) is 0 Å². The number of hydrogen-bond acceptors (Lipinski definition) is 1. The molecule has 3 aromatic rings. The molecule has 0 bridgehead atoms. The summed E-state index contributed by atoms with van der Waals surface area (Å²) in [4.78, 5) is 0. The highest BCUT2D eigenvalue weighted by Crippen LogP contribution is 2.45. The molecule has 2 heteroatoms. The lowest BCUT2D eigenvalue weighted by molar-refractivity contribution is 0.409. The zero-order valence-electron chi connectivity index (χ0n) is 19.8. The molecule has 3 aliphatic heterocycles. The van der Waals surface area contributed by atoms with E-state index in [4.69, 9.17) is 4.74 Å². The van der Waals surface area contributed by atoms with Gasteiger partial charge in [-0.05, 0) is 62.7 Å². The second-order valence-corrected chi connectivity index (χ2v) is 12.1. The number of hydrogen-bond donors (Lipinski definition) is 0. The van der Waals surface area contributed by atoms with Crippen LogP contribution in [0.1, 0.15) is 76.3 Å². The number of benzene rings is 3. The molecule has 0 radical (unpaired) electrons. The Labute approximate surface area is 186 Å². The SMILES string of the molecule is CC(C)(C)Cc1cc2c3c(c1)C(C)(C)c1cccc4c1B3c1c(cccc1C4(C)C)O2. The molecule has 0 N–H and O–H groups in total. The molecule has 156 valence electrons. The minimum atomic E-state index is -0.0525. The number of ether oxygens (including phenoxy) is 1. The van der Waals surface area contributed by atoms with E-state index in [9.17, 15) is 0 Å². The van der Waals surface area contributed by atoms with Crippen molar-refractivity contribution in [3.63, 3.8) is 0 Å². The Hall–Kier alpha value is -2.48. The van der Waals surface area contributed by atoms with Crippen LogP contribution < -0.4 is 21.1 Å². The fourth-order valence-corrected chi connectivity index (χ4v) is 6.58. The molecule has 0 fully saturated rings. The zero-order valence-corrected chi connectivity index (χ0v) is 19.8. The molecule has 0 saturated heterocycles. The van der Waals surface area contributed by atoms with Crippen LogP contribution in [0.2, 0.25) is 0 Å². The molecule has 6 rings (SSSR count). The van der Waals surface area contributed by atoms with Gasteiger partial charge in [0.15, 0.2) is 0 Å². The molecule has 3 heterocycles. The summed E-state index contributed by atoms with van der Waals surface area (Å²) in [6.45, 7) is 16.8. The van der Waals surface area contributed by atoms with Crippen LogP contribution in [0.3, 0.4) is 0 Å². The largest absolute Gasteiger partial charge is 0.458 e. The first-order valence-electron chi connectivity index (χ1n) is 11.6. The van der Waals surface area contributed by atoms with Crippen molar-refractivity contribution >= 4 is 23.1 Å². The highest BCUT2D eigenvalue weighted by atomic mass is 16.5. The van der Waals surface area contributed by atoms with E-state index in [2.05, 4.69) is 97.0 Å². The molecule has 0 saturated carbocycles. The van der Waals surface area contributed by atoms with Crippen LogP contribution in [0.25, 0.3) is 0 Å². The highest BCUT2D eigenvalue weighted by molar-refractivity contribution is 6.99. The van der Waals surface area contributed by atoms with Crippen molar-refractivity contribution in [2.24, 2.45) is 5.41 Å². The highest BCUT2D eigenvalue weighted by Gasteiger charge is 2.51. The van der Waals surface area contributed by atoms with Crippen LogP contribution in [-0.4, -0.2) is 6.71 Å². The molecule has 1 nitrogen and oxygen atoms in total. The van der Waals surface area contributed by atoms with Crippen molar-refractivity contribution in [2.75, 3.05) is 0 Å². The van der Waals surface area contributed by atoms with Crippen molar-refractivity contribution in [1.82, 2.24) is 0 Å². The first-order valence-corrected chi connectivity index (χ1v) is 11.6. The first kappa shape index (κ1) is 19.2. The quantitative estimate of drug-likeness (QED) is 0.396. The molecule has 0 amide bonds. The van der Waals surface area contributed by atoms with Crippen LogP contribution >= 0.6 is 0 Å².